The molecule has 0 aliphatic rings. The largest absolute Gasteiger partial charge is 0.481 e. The van der Waals surface area contributed by atoms with Gasteiger partial charge in [0.1, 0.15) is 18.1 Å². The lowest BCUT2D eigenvalue weighted by Crippen LogP contribution is -2.57. The number of aliphatic carboxylic acids is 2. The molecule has 1 rings (SSSR count). The lowest BCUT2D eigenvalue weighted by atomic mass is 10.0. The fraction of sp³-hybridized carbons (Fsp3) is 0.520. The lowest BCUT2D eigenvalue weighted by Gasteiger charge is -2.25. The predicted octanol–water partition coefficient (Wildman–Crippen LogP) is -0.728. The molecule has 0 heterocycles. The van der Waals surface area contributed by atoms with Crippen molar-refractivity contribution in [3.8, 4) is 0 Å². The number of nitrogens with one attached hydrogen (secondary N) is 3. The van der Waals surface area contributed by atoms with E-state index in [1.54, 1.807) is 30.3 Å². The standard InChI is InChI=1S/C25H37N5O8/c1-14(2)12-16(26)22(34)30-19(13-15-6-4-3-5-7-15)24(36)28-17(9-11-21(32)33)23(35)29-18(25(37)38)8-10-20(27)31/h3-7,14,16-19H,8-13,26H2,1-2H3,(H2,27,31)(H,28,36)(H,29,35)(H,30,34)(H,32,33)(H,37,38). The SMILES string of the molecule is CC(C)CC(N)C(=O)NC(Cc1ccccc1)C(=O)NC(CCC(=O)O)C(=O)NC(CCC(N)=O)C(=O)O. The Hall–Kier alpha value is -4.00. The van der Waals surface area contributed by atoms with Crippen molar-refractivity contribution in [2.45, 2.75) is 76.5 Å². The Labute approximate surface area is 220 Å². The third kappa shape index (κ3) is 12.3. The second-order valence-electron chi connectivity index (χ2n) is 9.38. The summed E-state index contributed by atoms with van der Waals surface area (Å²) in [5.41, 5.74) is 11.7. The van der Waals surface area contributed by atoms with Crippen molar-refractivity contribution in [1.29, 1.82) is 0 Å². The summed E-state index contributed by atoms with van der Waals surface area (Å²) >= 11 is 0. The number of nitrogens with two attached hydrogens (primary N) is 2. The van der Waals surface area contributed by atoms with Crippen molar-refractivity contribution in [2.75, 3.05) is 0 Å². The zero-order chi connectivity index (χ0) is 28.8. The van der Waals surface area contributed by atoms with Crippen LogP contribution in [0.3, 0.4) is 0 Å². The molecule has 4 unspecified atom stereocenters. The Kier molecular flexibility index (Phi) is 13.5. The summed E-state index contributed by atoms with van der Waals surface area (Å²) in [4.78, 5) is 72.5. The van der Waals surface area contributed by atoms with Gasteiger partial charge in [0.25, 0.3) is 0 Å². The highest BCUT2D eigenvalue weighted by molar-refractivity contribution is 5.94. The first-order valence-electron chi connectivity index (χ1n) is 12.2. The number of carbonyl (C=O) groups excluding carboxylic acids is 4. The smallest absolute Gasteiger partial charge is 0.326 e. The zero-order valence-corrected chi connectivity index (χ0v) is 21.5. The van der Waals surface area contributed by atoms with E-state index in [0.29, 0.717) is 12.0 Å². The predicted molar refractivity (Wildman–Crippen MR) is 136 cm³/mol. The van der Waals surface area contributed by atoms with Crippen LogP contribution in [0.15, 0.2) is 30.3 Å². The Morgan fingerprint density at radius 1 is 0.789 bits per heavy atom. The van der Waals surface area contributed by atoms with Gasteiger partial charge in [-0.1, -0.05) is 44.2 Å². The summed E-state index contributed by atoms with van der Waals surface area (Å²) in [6.45, 7) is 3.78. The summed E-state index contributed by atoms with van der Waals surface area (Å²) in [7, 11) is 0. The maximum atomic E-state index is 13.3. The van der Waals surface area contributed by atoms with Crippen LogP contribution in [0, 0.1) is 5.92 Å². The number of carboxylic acid groups (broad SMARTS) is 2. The second-order valence-corrected chi connectivity index (χ2v) is 9.38. The van der Waals surface area contributed by atoms with E-state index in [9.17, 15) is 33.9 Å². The first kappa shape index (κ1) is 32.0. The average molecular weight is 536 g/mol. The summed E-state index contributed by atoms with van der Waals surface area (Å²) in [6.07, 6.45) is -1.05. The van der Waals surface area contributed by atoms with Gasteiger partial charge in [0.05, 0.1) is 6.04 Å². The maximum Gasteiger partial charge on any atom is 0.326 e. The molecular weight excluding hydrogens is 498 g/mol. The van der Waals surface area contributed by atoms with Gasteiger partial charge < -0.3 is 37.6 Å². The van der Waals surface area contributed by atoms with Crippen molar-refractivity contribution in [3.05, 3.63) is 35.9 Å². The van der Waals surface area contributed by atoms with E-state index in [0.717, 1.165) is 0 Å². The number of carbonyl (C=O) groups is 6. The lowest BCUT2D eigenvalue weighted by molar-refractivity contribution is -0.143. The van der Waals surface area contributed by atoms with E-state index in [2.05, 4.69) is 16.0 Å². The molecule has 4 amide bonds. The quantitative estimate of drug-likeness (QED) is 0.133. The molecule has 1 aromatic carbocycles. The highest BCUT2D eigenvalue weighted by Crippen LogP contribution is 2.08. The molecule has 210 valence electrons. The summed E-state index contributed by atoms with van der Waals surface area (Å²) < 4.78 is 0. The van der Waals surface area contributed by atoms with E-state index in [1.807, 2.05) is 13.8 Å². The highest BCUT2D eigenvalue weighted by Gasteiger charge is 2.31. The van der Waals surface area contributed by atoms with Gasteiger partial charge in [0.2, 0.25) is 23.6 Å². The summed E-state index contributed by atoms with van der Waals surface area (Å²) in [5, 5.41) is 25.7. The number of benzene rings is 1. The molecule has 0 spiro atoms. The van der Waals surface area contributed by atoms with Gasteiger partial charge in [-0.05, 0) is 30.7 Å². The Bertz CT molecular complexity index is 985. The van der Waals surface area contributed by atoms with Crippen LogP contribution >= 0.6 is 0 Å². The normalized spacial score (nSPS) is 14.0. The van der Waals surface area contributed by atoms with Crippen LogP contribution in [-0.2, 0) is 35.2 Å². The van der Waals surface area contributed by atoms with Crippen LogP contribution in [0.1, 0.15) is 51.5 Å². The molecule has 1 aromatic rings. The maximum absolute atomic E-state index is 13.3. The molecule has 4 atom stereocenters. The monoisotopic (exact) mass is 535 g/mol. The molecule has 0 radical (unpaired) electrons. The third-order valence-electron chi connectivity index (χ3n) is 5.55. The number of carboxylic acids is 2. The minimum atomic E-state index is -1.49. The molecule has 9 N–H and O–H groups in total. The van der Waals surface area contributed by atoms with Gasteiger partial charge in [-0.3, -0.25) is 24.0 Å². The van der Waals surface area contributed by atoms with E-state index >= 15 is 0 Å². The van der Waals surface area contributed by atoms with E-state index in [-0.39, 0.29) is 31.6 Å². The van der Waals surface area contributed by atoms with Crippen molar-refractivity contribution in [2.24, 2.45) is 17.4 Å². The van der Waals surface area contributed by atoms with Crippen molar-refractivity contribution < 1.29 is 39.0 Å². The highest BCUT2D eigenvalue weighted by atomic mass is 16.4. The van der Waals surface area contributed by atoms with E-state index in [1.165, 1.54) is 0 Å². The van der Waals surface area contributed by atoms with Gasteiger partial charge in [0, 0.05) is 19.3 Å². The van der Waals surface area contributed by atoms with Crippen LogP contribution < -0.4 is 27.4 Å². The molecule has 0 saturated heterocycles. The van der Waals surface area contributed by atoms with E-state index in [4.69, 9.17) is 16.6 Å². The molecular formula is C25H37N5O8. The average Bonchev–Trinajstić information content (AvgIpc) is 2.83. The van der Waals surface area contributed by atoms with Crippen molar-refractivity contribution in [1.82, 2.24) is 16.0 Å². The fourth-order valence-corrected chi connectivity index (χ4v) is 3.58. The number of hydrogen-bond acceptors (Lipinski definition) is 7. The van der Waals surface area contributed by atoms with Gasteiger partial charge >= 0.3 is 11.9 Å². The molecule has 13 nitrogen and oxygen atoms in total. The molecule has 0 aliphatic carbocycles. The minimum Gasteiger partial charge on any atom is -0.481 e. The van der Waals surface area contributed by atoms with Crippen LogP contribution in [0.4, 0.5) is 0 Å². The Balaban J connectivity index is 3.12. The Morgan fingerprint density at radius 2 is 1.32 bits per heavy atom. The van der Waals surface area contributed by atoms with Gasteiger partial charge in [0.15, 0.2) is 0 Å². The van der Waals surface area contributed by atoms with E-state index < -0.39 is 66.2 Å². The molecule has 38 heavy (non-hydrogen) atoms. The van der Waals surface area contributed by atoms with Crippen LogP contribution in [-0.4, -0.2) is 69.9 Å². The second kappa shape index (κ2) is 16.0. The molecule has 13 heteroatoms. The summed E-state index contributed by atoms with van der Waals surface area (Å²) in [6, 6.07) is 3.79. The molecule has 0 aliphatic heterocycles. The molecule has 0 fully saturated rings. The topological polar surface area (TPSA) is 231 Å². The number of primary amides is 1. The Morgan fingerprint density at radius 3 is 1.84 bits per heavy atom. The van der Waals surface area contributed by atoms with Gasteiger partial charge in [-0.2, -0.15) is 0 Å². The van der Waals surface area contributed by atoms with Crippen LogP contribution in [0.5, 0.6) is 0 Å². The zero-order valence-electron chi connectivity index (χ0n) is 21.5. The molecule has 0 bridgehead atoms. The number of hydrogen-bond donors (Lipinski definition) is 7. The number of amides is 4. The first-order valence-corrected chi connectivity index (χ1v) is 12.2. The van der Waals surface area contributed by atoms with Crippen LogP contribution in [0.2, 0.25) is 0 Å². The third-order valence-corrected chi connectivity index (χ3v) is 5.55. The van der Waals surface area contributed by atoms with Crippen LogP contribution in [0.25, 0.3) is 0 Å². The van der Waals surface area contributed by atoms with Crippen molar-refractivity contribution >= 4 is 35.6 Å². The van der Waals surface area contributed by atoms with Gasteiger partial charge in [-0.25, -0.2) is 4.79 Å². The van der Waals surface area contributed by atoms with Crippen molar-refractivity contribution in [3.63, 3.8) is 0 Å². The minimum absolute atomic E-state index is 0.0520. The molecule has 0 aromatic heterocycles. The first-order chi connectivity index (χ1) is 17.8. The number of rotatable bonds is 17. The molecule has 0 saturated carbocycles. The summed E-state index contributed by atoms with van der Waals surface area (Å²) in [5.74, 6) is -5.63. The van der Waals surface area contributed by atoms with Gasteiger partial charge in [-0.15, -0.1) is 0 Å². The fourth-order valence-electron chi connectivity index (χ4n) is 3.58.